The van der Waals surface area contributed by atoms with E-state index in [1.54, 1.807) is 0 Å². The predicted molar refractivity (Wildman–Crippen MR) is 104 cm³/mol. The zero-order chi connectivity index (χ0) is 20.9. The molecule has 0 aliphatic heterocycles. The molecule has 0 unspecified atom stereocenters. The number of hydrogen-bond donors (Lipinski definition) is 0. The van der Waals surface area contributed by atoms with E-state index in [4.69, 9.17) is 0 Å². The van der Waals surface area contributed by atoms with Gasteiger partial charge in [0.05, 0.1) is 10.9 Å². The van der Waals surface area contributed by atoms with E-state index in [2.05, 4.69) is 91.9 Å². The second kappa shape index (κ2) is 7.88. The normalized spacial score (nSPS) is 13.9. The molecule has 0 fully saturated rings. The molecule has 0 atom stereocenters. The molecule has 3 aromatic carbocycles. The quantitative estimate of drug-likeness (QED) is 0.208. The Morgan fingerprint density at radius 2 is 0.964 bits per heavy atom. The molecule has 0 spiro atoms. The first-order chi connectivity index (χ1) is 12.8. The Kier molecular flexibility index (Phi) is 6.31. The van der Waals surface area contributed by atoms with E-state index in [-0.39, 0.29) is 10.9 Å². The molecule has 0 saturated carbocycles. The third-order valence-corrected chi connectivity index (χ3v) is 5.79. The molecule has 0 bridgehead atoms. The number of rotatable bonds is 4. The summed E-state index contributed by atoms with van der Waals surface area (Å²) in [5.41, 5.74) is 2.72. The van der Waals surface area contributed by atoms with Gasteiger partial charge in [-0.2, -0.15) is 0 Å². The van der Waals surface area contributed by atoms with Crippen molar-refractivity contribution >= 4 is 25.1 Å². The first-order valence-corrected chi connectivity index (χ1v) is 13.9. The van der Waals surface area contributed by atoms with Crippen molar-refractivity contribution in [3.63, 3.8) is 0 Å². The Morgan fingerprint density at radius 1 is 0.607 bits per heavy atom. The molecular formula is C20H19AsF6S. The summed E-state index contributed by atoms with van der Waals surface area (Å²) in [5.74, 6) is 1.06. The maximum absolute atomic E-state index is 11.1. The van der Waals surface area contributed by atoms with Gasteiger partial charge >= 0.3 is 35.0 Å². The third kappa shape index (κ3) is 9.90. The van der Waals surface area contributed by atoms with Crippen molar-refractivity contribution in [2.75, 3.05) is 0 Å². The van der Waals surface area contributed by atoms with Crippen molar-refractivity contribution in [1.29, 1.82) is 0 Å². The number of aryl methyl sites for hydroxylation is 1. The van der Waals surface area contributed by atoms with Crippen molar-refractivity contribution in [2.45, 2.75) is 22.5 Å². The average molecular weight is 480 g/mol. The predicted octanol–water partition coefficient (Wildman–Crippen LogP) is 7.37. The van der Waals surface area contributed by atoms with E-state index in [1.165, 1.54) is 20.9 Å². The van der Waals surface area contributed by atoms with Crippen LogP contribution < -0.4 is 0 Å². The molecule has 0 N–H and O–H groups in total. The Bertz CT molecular complexity index is 828. The van der Waals surface area contributed by atoms with Gasteiger partial charge in [0.2, 0.25) is 0 Å². The van der Waals surface area contributed by atoms with E-state index in [0.29, 0.717) is 0 Å². The van der Waals surface area contributed by atoms with Crippen LogP contribution in [0.1, 0.15) is 11.1 Å². The summed E-state index contributed by atoms with van der Waals surface area (Å²) in [4.78, 5) is 2.81. The van der Waals surface area contributed by atoms with Crippen LogP contribution >= 0.6 is 0 Å². The van der Waals surface area contributed by atoms with Gasteiger partial charge in [0.15, 0.2) is 9.79 Å². The molecular weight excluding hydrogens is 461 g/mol. The number of benzene rings is 3. The van der Waals surface area contributed by atoms with Gasteiger partial charge in [0.1, 0.15) is 5.75 Å². The van der Waals surface area contributed by atoms with Gasteiger partial charge in [0, 0.05) is 5.56 Å². The van der Waals surface area contributed by atoms with Crippen LogP contribution in [0, 0.1) is 6.92 Å². The van der Waals surface area contributed by atoms with Crippen molar-refractivity contribution in [1.82, 2.24) is 0 Å². The average Bonchev–Trinajstić information content (AvgIpc) is 2.60. The molecule has 3 aromatic rings. The monoisotopic (exact) mass is 480 g/mol. The molecule has 0 amide bonds. The van der Waals surface area contributed by atoms with Crippen LogP contribution in [0.2, 0.25) is 0 Å². The van der Waals surface area contributed by atoms with Gasteiger partial charge in [-0.05, 0) is 31.2 Å². The Hall–Kier alpha value is -1.85. The third-order valence-electron chi connectivity index (χ3n) is 3.49. The van der Waals surface area contributed by atoms with Gasteiger partial charge < -0.3 is 0 Å². The van der Waals surface area contributed by atoms with Crippen molar-refractivity contribution in [2.24, 2.45) is 0 Å². The van der Waals surface area contributed by atoms with Crippen molar-refractivity contribution < 1.29 is 20.8 Å². The SMILES string of the molecule is Cc1ccc(C[S+](c2ccccc2)c2ccccc2)cc1.F[As-](F)(F)(F)(F)F. The van der Waals surface area contributed by atoms with Gasteiger partial charge in [-0.3, -0.25) is 0 Å². The molecule has 28 heavy (non-hydrogen) atoms. The van der Waals surface area contributed by atoms with E-state index in [9.17, 15) is 20.8 Å². The molecule has 152 valence electrons. The molecule has 0 nitrogen and oxygen atoms in total. The maximum atomic E-state index is 9.91. The molecule has 0 heterocycles. The summed E-state index contributed by atoms with van der Waals surface area (Å²) in [6.45, 7) is 2.14. The van der Waals surface area contributed by atoms with Crippen LogP contribution in [0.25, 0.3) is 0 Å². The molecule has 0 aromatic heterocycles. The molecule has 0 radical (unpaired) electrons. The summed E-state index contributed by atoms with van der Waals surface area (Å²) >= 11 is -11.1. The minimum atomic E-state index is -11.1. The molecule has 8 heteroatoms. The fraction of sp³-hybridized carbons (Fsp3) is 0.100. The molecule has 0 aliphatic carbocycles. The fourth-order valence-corrected chi connectivity index (χ4v) is 4.43. The Labute approximate surface area is 164 Å². The second-order valence-corrected chi connectivity index (χ2v) is 12.1. The van der Waals surface area contributed by atoms with Gasteiger partial charge in [-0.25, -0.2) is 0 Å². The number of hydrogen-bond acceptors (Lipinski definition) is 0. The fourth-order valence-electron chi connectivity index (χ4n) is 2.32. The van der Waals surface area contributed by atoms with E-state index >= 15 is 0 Å². The number of halogens is 6. The van der Waals surface area contributed by atoms with E-state index in [1.807, 2.05) is 0 Å². The summed E-state index contributed by atoms with van der Waals surface area (Å²) in [5, 5.41) is 0. The second-order valence-electron chi connectivity index (χ2n) is 6.11. The first-order valence-electron chi connectivity index (χ1n) is 8.21. The van der Waals surface area contributed by atoms with Gasteiger partial charge in [0.25, 0.3) is 0 Å². The van der Waals surface area contributed by atoms with Crippen LogP contribution in [-0.4, -0.2) is 14.2 Å². The summed E-state index contributed by atoms with van der Waals surface area (Å²) < 4.78 is 59.4. The van der Waals surface area contributed by atoms with Crippen LogP contribution in [-0.2, 0) is 16.6 Å². The van der Waals surface area contributed by atoms with E-state index in [0.717, 1.165) is 5.75 Å². The summed E-state index contributed by atoms with van der Waals surface area (Å²) in [6, 6.07) is 30.6. The Balaban J connectivity index is 0.000000345. The minimum absolute atomic E-state index is 0.0912. The van der Waals surface area contributed by atoms with Gasteiger partial charge in [-0.15, -0.1) is 0 Å². The summed E-state index contributed by atoms with van der Waals surface area (Å²) in [7, 11) is 0.0912. The molecule has 0 saturated heterocycles. The molecule has 3 rings (SSSR count). The van der Waals surface area contributed by atoms with Crippen molar-refractivity contribution in [3.8, 4) is 0 Å². The van der Waals surface area contributed by atoms with Gasteiger partial charge in [-0.1, -0.05) is 66.2 Å². The van der Waals surface area contributed by atoms with E-state index < -0.39 is 14.2 Å². The summed E-state index contributed by atoms with van der Waals surface area (Å²) in [6.07, 6.45) is 0. The first kappa shape index (κ1) is 22.4. The zero-order valence-corrected chi connectivity index (χ0v) is 17.6. The van der Waals surface area contributed by atoms with Crippen LogP contribution in [0.3, 0.4) is 0 Å². The van der Waals surface area contributed by atoms with Crippen molar-refractivity contribution in [3.05, 3.63) is 96.1 Å². The topological polar surface area (TPSA) is 0 Å². The van der Waals surface area contributed by atoms with Crippen LogP contribution in [0.15, 0.2) is 94.7 Å². The zero-order valence-electron chi connectivity index (χ0n) is 14.9. The van der Waals surface area contributed by atoms with Crippen LogP contribution in [0.5, 0.6) is 0 Å². The molecule has 0 aliphatic rings. The van der Waals surface area contributed by atoms with Crippen LogP contribution in [0.4, 0.5) is 20.8 Å². The standard InChI is InChI=1S/C20H19S.AsF6/c1-17-12-14-18(15-13-17)16-21(19-8-4-2-5-9-19)20-10-6-3-7-11-20;2-1(3,4,5,6)7/h2-15H,16H2,1H3;/q+1;-1. The Morgan fingerprint density at radius 3 is 1.32 bits per heavy atom.